The molecule has 2 atom stereocenters. The minimum absolute atomic E-state index is 0.143. The van der Waals surface area contributed by atoms with Crippen LogP contribution in [-0.2, 0) is 9.59 Å². The summed E-state index contributed by atoms with van der Waals surface area (Å²) in [5.41, 5.74) is 3.63. The van der Waals surface area contributed by atoms with Crippen LogP contribution in [0.3, 0.4) is 0 Å². The summed E-state index contributed by atoms with van der Waals surface area (Å²) in [5.74, 6) is -0.248. The second-order valence-electron chi connectivity index (χ2n) is 8.00. The molecule has 5 heteroatoms. The van der Waals surface area contributed by atoms with Crippen LogP contribution in [0, 0.1) is 5.92 Å². The maximum atomic E-state index is 13.6. The fourth-order valence-electron chi connectivity index (χ4n) is 4.81. The lowest BCUT2D eigenvalue weighted by Crippen LogP contribution is -2.46. The zero-order chi connectivity index (χ0) is 19.7. The molecule has 4 nitrogen and oxygen atoms in total. The molecule has 28 heavy (non-hydrogen) atoms. The monoisotopic (exact) mass is 396 g/mol. The number of amides is 1. The first-order chi connectivity index (χ1) is 13.6. The maximum absolute atomic E-state index is 13.6. The van der Waals surface area contributed by atoms with E-state index in [1.165, 1.54) is 11.3 Å². The van der Waals surface area contributed by atoms with Gasteiger partial charge in [-0.3, -0.25) is 14.6 Å². The van der Waals surface area contributed by atoms with Crippen LogP contribution in [0.1, 0.15) is 56.9 Å². The Morgan fingerprint density at radius 2 is 1.79 bits per heavy atom. The van der Waals surface area contributed by atoms with E-state index in [4.69, 9.17) is 4.99 Å². The molecule has 2 aliphatic heterocycles. The van der Waals surface area contributed by atoms with Gasteiger partial charge in [-0.15, -0.1) is 11.8 Å². The van der Waals surface area contributed by atoms with E-state index >= 15 is 0 Å². The Morgan fingerprint density at radius 1 is 1.07 bits per heavy atom. The summed E-state index contributed by atoms with van der Waals surface area (Å²) in [6, 6.07) is 8.38. The van der Waals surface area contributed by atoms with Crippen LogP contribution in [0.4, 0.5) is 0 Å². The molecular formula is C23H28N2O2S. The number of ketones is 1. The van der Waals surface area contributed by atoms with Crippen molar-refractivity contribution in [2.24, 2.45) is 10.9 Å². The highest BCUT2D eigenvalue weighted by molar-refractivity contribution is 7.98. The van der Waals surface area contributed by atoms with Gasteiger partial charge >= 0.3 is 0 Å². The topological polar surface area (TPSA) is 49.7 Å². The van der Waals surface area contributed by atoms with E-state index in [0.29, 0.717) is 6.42 Å². The Morgan fingerprint density at radius 3 is 2.46 bits per heavy atom. The second-order valence-corrected chi connectivity index (χ2v) is 8.88. The smallest absolute Gasteiger partial charge is 0.232 e. The predicted octanol–water partition coefficient (Wildman–Crippen LogP) is 4.60. The zero-order valence-electron chi connectivity index (χ0n) is 16.7. The van der Waals surface area contributed by atoms with Gasteiger partial charge in [-0.25, -0.2) is 0 Å². The number of hydrogen-bond acceptors (Lipinski definition) is 4. The van der Waals surface area contributed by atoms with Gasteiger partial charge in [0.1, 0.15) is 0 Å². The molecule has 1 aromatic rings. The SMILES string of the molecule is CSc1ccc([C@H]2C3=C(CCCC3=O)N=C(C)C2C(=O)N2CCCCC2)cc1. The van der Waals surface area contributed by atoms with Crippen LogP contribution in [0.2, 0.25) is 0 Å². The van der Waals surface area contributed by atoms with E-state index in [0.717, 1.165) is 61.3 Å². The van der Waals surface area contributed by atoms with Crippen molar-refractivity contribution in [2.45, 2.75) is 56.3 Å². The summed E-state index contributed by atoms with van der Waals surface area (Å²) in [6.07, 6.45) is 7.63. The molecule has 0 bridgehead atoms. The number of piperidine rings is 1. The van der Waals surface area contributed by atoms with Gasteiger partial charge < -0.3 is 4.90 Å². The first kappa shape index (κ1) is 19.4. The van der Waals surface area contributed by atoms with Crippen molar-refractivity contribution >= 4 is 29.2 Å². The highest BCUT2D eigenvalue weighted by Gasteiger charge is 2.43. The highest BCUT2D eigenvalue weighted by Crippen LogP contribution is 2.44. The van der Waals surface area contributed by atoms with Crippen LogP contribution in [0.25, 0.3) is 0 Å². The molecule has 1 saturated heterocycles. The molecule has 2 heterocycles. The van der Waals surface area contributed by atoms with E-state index in [2.05, 4.69) is 30.5 Å². The molecule has 0 radical (unpaired) electrons. The number of rotatable bonds is 3. The molecule has 1 unspecified atom stereocenters. The third kappa shape index (κ3) is 3.57. The van der Waals surface area contributed by atoms with Crippen molar-refractivity contribution < 1.29 is 9.59 Å². The van der Waals surface area contributed by atoms with Gasteiger partial charge in [0.2, 0.25) is 5.91 Å². The summed E-state index contributed by atoms with van der Waals surface area (Å²) < 4.78 is 0. The van der Waals surface area contributed by atoms with Crippen LogP contribution >= 0.6 is 11.8 Å². The predicted molar refractivity (Wildman–Crippen MR) is 114 cm³/mol. The maximum Gasteiger partial charge on any atom is 0.232 e. The first-order valence-corrected chi connectivity index (χ1v) is 11.6. The summed E-state index contributed by atoms with van der Waals surface area (Å²) >= 11 is 1.70. The molecule has 0 aromatic heterocycles. The number of thioether (sulfide) groups is 1. The van der Waals surface area contributed by atoms with Gasteiger partial charge in [0.25, 0.3) is 0 Å². The number of hydrogen-bond donors (Lipinski definition) is 0. The summed E-state index contributed by atoms with van der Waals surface area (Å²) in [7, 11) is 0. The molecule has 1 aliphatic carbocycles. The normalized spacial score (nSPS) is 25.4. The Kier molecular flexibility index (Phi) is 5.72. The Balaban J connectivity index is 1.78. The van der Waals surface area contributed by atoms with Crippen molar-refractivity contribution in [3.05, 3.63) is 41.1 Å². The van der Waals surface area contributed by atoms with Crippen LogP contribution in [0.5, 0.6) is 0 Å². The molecule has 1 aromatic carbocycles. The number of aliphatic imine (C=N–C) groups is 1. The van der Waals surface area contributed by atoms with Crippen molar-refractivity contribution in [1.82, 2.24) is 4.90 Å². The molecule has 4 rings (SSSR count). The van der Waals surface area contributed by atoms with Crippen molar-refractivity contribution in [3.8, 4) is 0 Å². The molecule has 148 valence electrons. The number of likely N-dealkylation sites (tertiary alicyclic amines) is 1. The Labute approximate surface area is 171 Å². The van der Waals surface area contributed by atoms with Gasteiger partial charge in [0, 0.05) is 47.3 Å². The Bertz CT molecular complexity index is 835. The van der Waals surface area contributed by atoms with E-state index < -0.39 is 0 Å². The fourth-order valence-corrected chi connectivity index (χ4v) is 5.22. The lowest BCUT2D eigenvalue weighted by molar-refractivity contribution is -0.134. The molecular weight excluding hydrogens is 368 g/mol. The quantitative estimate of drug-likeness (QED) is 0.702. The third-order valence-corrected chi connectivity index (χ3v) is 6.99. The molecule has 1 fully saturated rings. The van der Waals surface area contributed by atoms with Gasteiger partial charge in [-0.1, -0.05) is 12.1 Å². The molecule has 0 saturated carbocycles. The lowest BCUT2D eigenvalue weighted by atomic mass is 9.71. The number of benzene rings is 1. The summed E-state index contributed by atoms with van der Waals surface area (Å²) in [5, 5.41) is 0. The minimum Gasteiger partial charge on any atom is -0.342 e. The summed E-state index contributed by atoms with van der Waals surface area (Å²) in [6.45, 7) is 3.61. The number of allylic oxidation sites excluding steroid dienone is 2. The van der Waals surface area contributed by atoms with Gasteiger partial charge in [-0.2, -0.15) is 0 Å². The van der Waals surface area contributed by atoms with E-state index in [1.54, 1.807) is 11.8 Å². The molecule has 0 N–H and O–H groups in total. The molecule has 3 aliphatic rings. The average molecular weight is 397 g/mol. The number of Topliss-reactive ketones (excluding diaryl/α,β-unsaturated/α-hetero) is 1. The molecule has 1 amide bonds. The Hall–Kier alpha value is -1.88. The second kappa shape index (κ2) is 8.24. The average Bonchev–Trinajstić information content (AvgIpc) is 2.73. The van der Waals surface area contributed by atoms with Crippen molar-refractivity contribution in [1.29, 1.82) is 0 Å². The standard InChI is InChI=1S/C23H28N2O2S/c1-15-20(23(27)25-13-4-3-5-14-25)21(16-9-11-17(28-2)12-10-16)22-18(24-15)7-6-8-19(22)26/h9-12,20-21H,3-8,13-14H2,1-2H3/t20?,21-/m1/s1. The van der Waals surface area contributed by atoms with E-state index in [1.807, 2.05) is 11.8 Å². The van der Waals surface area contributed by atoms with Crippen LogP contribution in [0.15, 0.2) is 45.4 Å². The third-order valence-electron chi connectivity index (χ3n) is 6.24. The van der Waals surface area contributed by atoms with Gasteiger partial charge in [0.05, 0.1) is 5.92 Å². The first-order valence-electron chi connectivity index (χ1n) is 10.3. The minimum atomic E-state index is -0.362. The zero-order valence-corrected chi connectivity index (χ0v) is 17.6. The van der Waals surface area contributed by atoms with E-state index in [9.17, 15) is 9.59 Å². The summed E-state index contributed by atoms with van der Waals surface area (Å²) in [4.78, 5) is 34.5. The molecule has 0 spiro atoms. The van der Waals surface area contributed by atoms with Crippen LogP contribution < -0.4 is 0 Å². The van der Waals surface area contributed by atoms with Gasteiger partial charge in [-0.05, 0) is 63.0 Å². The van der Waals surface area contributed by atoms with Crippen molar-refractivity contribution in [3.63, 3.8) is 0 Å². The highest BCUT2D eigenvalue weighted by atomic mass is 32.2. The number of nitrogens with zero attached hydrogens (tertiary/aromatic N) is 2. The lowest BCUT2D eigenvalue weighted by Gasteiger charge is -2.38. The fraction of sp³-hybridized carbons (Fsp3) is 0.522. The van der Waals surface area contributed by atoms with Gasteiger partial charge in [0.15, 0.2) is 5.78 Å². The van der Waals surface area contributed by atoms with Crippen molar-refractivity contribution in [2.75, 3.05) is 19.3 Å². The number of carbonyl (C=O) groups is 2. The van der Waals surface area contributed by atoms with E-state index in [-0.39, 0.29) is 23.5 Å². The number of carbonyl (C=O) groups excluding carboxylic acids is 2. The largest absolute Gasteiger partial charge is 0.342 e. The van der Waals surface area contributed by atoms with Crippen LogP contribution in [-0.4, -0.2) is 41.6 Å².